The van der Waals surface area contributed by atoms with Gasteiger partial charge in [-0.15, -0.1) is 13.2 Å². The van der Waals surface area contributed by atoms with Gasteiger partial charge in [0.2, 0.25) is 0 Å². The van der Waals surface area contributed by atoms with Crippen LogP contribution in [-0.2, 0) is 6.54 Å². The Hall–Kier alpha value is -1.76. The van der Waals surface area contributed by atoms with Gasteiger partial charge in [-0.05, 0) is 35.4 Å². The molecule has 0 saturated carbocycles. The third-order valence-corrected chi connectivity index (χ3v) is 3.86. The Labute approximate surface area is 143 Å². The largest absolute Gasteiger partial charge is 0.573 e. The summed E-state index contributed by atoms with van der Waals surface area (Å²) in [6.45, 7) is 2.37. The van der Waals surface area contributed by atoms with Crippen LogP contribution in [0.15, 0.2) is 48.5 Å². The summed E-state index contributed by atoms with van der Waals surface area (Å²) in [5.74, 6) is -0.453. The molecule has 2 aromatic rings. The van der Waals surface area contributed by atoms with Crippen LogP contribution in [0.4, 0.5) is 13.2 Å². The molecule has 0 amide bonds. The minimum atomic E-state index is -4.71. The van der Waals surface area contributed by atoms with E-state index in [0.717, 1.165) is 5.56 Å². The molecule has 0 fully saturated rings. The zero-order valence-electron chi connectivity index (χ0n) is 13.0. The molecule has 0 aromatic heterocycles. The molecule has 2 aromatic carbocycles. The summed E-state index contributed by atoms with van der Waals surface area (Å²) in [4.78, 5) is 0. The second-order valence-electron chi connectivity index (χ2n) is 5.44. The lowest BCUT2D eigenvalue weighted by Gasteiger charge is -2.22. The first-order valence-corrected chi connectivity index (χ1v) is 7.71. The first-order chi connectivity index (χ1) is 11.2. The molecule has 130 valence electrons. The van der Waals surface area contributed by atoms with Crippen molar-refractivity contribution in [3.8, 4) is 5.75 Å². The Balaban J connectivity index is 1.98. The lowest BCUT2D eigenvalue weighted by molar-refractivity contribution is -0.274. The number of benzene rings is 2. The normalized spacial score (nSPS) is 14.2. The molecule has 24 heavy (non-hydrogen) atoms. The minimum absolute atomic E-state index is 0.200. The van der Waals surface area contributed by atoms with Gasteiger partial charge in [-0.3, -0.25) is 5.32 Å². The lowest BCUT2D eigenvalue weighted by Crippen LogP contribution is -2.41. The topological polar surface area (TPSA) is 47.3 Å². The molecule has 0 aliphatic rings. The van der Waals surface area contributed by atoms with Gasteiger partial charge in [0.15, 0.2) is 0 Å². The third-order valence-electron chi connectivity index (χ3n) is 3.61. The fraction of sp³-hybridized carbons (Fsp3) is 0.294. The first-order valence-electron chi connectivity index (χ1n) is 7.34. The van der Waals surface area contributed by atoms with E-state index in [4.69, 9.17) is 17.3 Å². The fourth-order valence-electron chi connectivity index (χ4n) is 2.22. The SMILES string of the molecule is CC(c1cccc(OC(F)(F)F)c1)C(N)NCc1ccc(Cl)cc1. The smallest absolute Gasteiger partial charge is 0.406 e. The van der Waals surface area contributed by atoms with Crippen LogP contribution in [0.25, 0.3) is 0 Å². The Morgan fingerprint density at radius 1 is 1.17 bits per heavy atom. The van der Waals surface area contributed by atoms with Crippen molar-refractivity contribution in [2.24, 2.45) is 5.73 Å². The van der Waals surface area contributed by atoms with Crippen molar-refractivity contribution in [2.45, 2.75) is 31.9 Å². The summed E-state index contributed by atoms with van der Waals surface area (Å²) < 4.78 is 40.8. The van der Waals surface area contributed by atoms with E-state index in [1.807, 2.05) is 19.1 Å². The van der Waals surface area contributed by atoms with Crippen molar-refractivity contribution in [1.29, 1.82) is 0 Å². The maximum absolute atomic E-state index is 12.3. The minimum Gasteiger partial charge on any atom is -0.406 e. The molecule has 0 spiro atoms. The van der Waals surface area contributed by atoms with Gasteiger partial charge >= 0.3 is 6.36 Å². The molecule has 2 unspecified atom stereocenters. The maximum atomic E-state index is 12.3. The van der Waals surface area contributed by atoms with E-state index in [-0.39, 0.29) is 11.7 Å². The lowest BCUT2D eigenvalue weighted by atomic mass is 9.98. The van der Waals surface area contributed by atoms with E-state index in [2.05, 4.69) is 10.1 Å². The van der Waals surface area contributed by atoms with E-state index in [9.17, 15) is 13.2 Å². The van der Waals surface area contributed by atoms with Gasteiger partial charge in [0.1, 0.15) is 5.75 Å². The van der Waals surface area contributed by atoms with Crippen LogP contribution in [0.1, 0.15) is 24.0 Å². The summed E-state index contributed by atoms with van der Waals surface area (Å²) in [5, 5.41) is 3.81. The van der Waals surface area contributed by atoms with Crippen LogP contribution < -0.4 is 15.8 Å². The highest BCUT2D eigenvalue weighted by Crippen LogP contribution is 2.26. The Kier molecular flexibility index (Phi) is 6.10. The van der Waals surface area contributed by atoms with Gasteiger partial charge in [-0.25, -0.2) is 0 Å². The third kappa shape index (κ3) is 5.70. The number of rotatable bonds is 6. The van der Waals surface area contributed by atoms with E-state index < -0.39 is 12.5 Å². The van der Waals surface area contributed by atoms with Gasteiger partial charge < -0.3 is 10.5 Å². The highest BCUT2D eigenvalue weighted by atomic mass is 35.5. The molecule has 2 atom stereocenters. The van der Waals surface area contributed by atoms with Crippen molar-refractivity contribution in [3.05, 3.63) is 64.7 Å². The van der Waals surface area contributed by atoms with Gasteiger partial charge in [-0.1, -0.05) is 42.8 Å². The number of halogens is 4. The molecule has 2 rings (SSSR count). The van der Waals surface area contributed by atoms with Crippen LogP contribution in [0.3, 0.4) is 0 Å². The average molecular weight is 359 g/mol. The monoisotopic (exact) mass is 358 g/mol. The van der Waals surface area contributed by atoms with Crippen LogP contribution >= 0.6 is 11.6 Å². The molecule has 0 heterocycles. The second kappa shape index (κ2) is 7.88. The molecular formula is C17H18ClF3N2O. The average Bonchev–Trinajstić information content (AvgIpc) is 2.52. The molecule has 0 saturated heterocycles. The van der Waals surface area contributed by atoms with Gasteiger partial charge in [-0.2, -0.15) is 0 Å². The van der Waals surface area contributed by atoms with E-state index in [1.54, 1.807) is 18.2 Å². The summed E-state index contributed by atoms with van der Waals surface area (Å²) >= 11 is 5.83. The van der Waals surface area contributed by atoms with Crippen molar-refractivity contribution in [1.82, 2.24) is 5.32 Å². The van der Waals surface area contributed by atoms with Crippen LogP contribution in [0, 0.1) is 0 Å². The number of ether oxygens (including phenoxy) is 1. The number of alkyl halides is 3. The van der Waals surface area contributed by atoms with Gasteiger partial charge in [0, 0.05) is 17.5 Å². The quantitative estimate of drug-likeness (QED) is 0.752. The number of nitrogens with one attached hydrogen (secondary N) is 1. The number of nitrogens with two attached hydrogens (primary N) is 1. The molecule has 3 N–H and O–H groups in total. The molecule has 7 heteroatoms. The second-order valence-corrected chi connectivity index (χ2v) is 5.88. The molecule has 0 aliphatic heterocycles. The molecule has 0 aliphatic carbocycles. The Bertz CT molecular complexity index is 662. The summed E-state index contributed by atoms with van der Waals surface area (Å²) in [7, 11) is 0. The zero-order chi connectivity index (χ0) is 17.7. The van der Waals surface area contributed by atoms with Crippen molar-refractivity contribution in [2.75, 3.05) is 0 Å². The van der Waals surface area contributed by atoms with Gasteiger partial charge in [0.25, 0.3) is 0 Å². The van der Waals surface area contributed by atoms with Crippen molar-refractivity contribution in [3.63, 3.8) is 0 Å². The van der Waals surface area contributed by atoms with E-state index in [0.29, 0.717) is 17.1 Å². The van der Waals surface area contributed by atoms with Crippen LogP contribution in [0.5, 0.6) is 5.75 Å². The Morgan fingerprint density at radius 3 is 2.46 bits per heavy atom. The molecule has 3 nitrogen and oxygen atoms in total. The fourth-order valence-corrected chi connectivity index (χ4v) is 2.34. The van der Waals surface area contributed by atoms with Crippen molar-refractivity contribution < 1.29 is 17.9 Å². The van der Waals surface area contributed by atoms with Crippen LogP contribution in [0.2, 0.25) is 5.02 Å². The maximum Gasteiger partial charge on any atom is 0.573 e. The summed E-state index contributed by atoms with van der Waals surface area (Å²) in [6, 6.07) is 13.2. The molecule has 0 bridgehead atoms. The predicted molar refractivity (Wildman–Crippen MR) is 87.8 cm³/mol. The van der Waals surface area contributed by atoms with E-state index >= 15 is 0 Å². The summed E-state index contributed by atoms with van der Waals surface area (Å²) in [5.41, 5.74) is 7.77. The first kappa shape index (κ1) is 18.6. The Morgan fingerprint density at radius 2 is 1.83 bits per heavy atom. The van der Waals surface area contributed by atoms with Gasteiger partial charge in [0.05, 0.1) is 6.17 Å². The zero-order valence-corrected chi connectivity index (χ0v) is 13.7. The summed E-state index contributed by atoms with van der Waals surface area (Å²) in [6.07, 6.45) is -5.14. The van der Waals surface area contributed by atoms with Crippen molar-refractivity contribution >= 4 is 11.6 Å². The number of hydrogen-bond acceptors (Lipinski definition) is 3. The van der Waals surface area contributed by atoms with Crippen LogP contribution in [-0.4, -0.2) is 12.5 Å². The highest BCUT2D eigenvalue weighted by Gasteiger charge is 2.31. The molecular weight excluding hydrogens is 341 g/mol. The molecule has 0 radical (unpaired) electrons. The predicted octanol–water partition coefficient (Wildman–Crippen LogP) is 4.42. The van der Waals surface area contributed by atoms with E-state index in [1.165, 1.54) is 18.2 Å². The highest BCUT2D eigenvalue weighted by molar-refractivity contribution is 6.30. The number of hydrogen-bond donors (Lipinski definition) is 2. The standard InChI is InChI=1S/C17H18ClF3N2O/c1-11(13-3-2-4-15(9-13)24-17(19,20)21)16(22)23-10-12-5-7-14(18)8-6-12/h2-9,11,16,23H,10,22H2,1H3.